The van der Waals surface area contributed by atoms with E-state index in [2.05, 4.69) is 45.5 Å². The van der Waals surface area contributed by atoms with E-state index in [0.717, 1.165) is 16.7 Å². The van der Waals surface area contributed by atoms with Gasteiger partial charge in [0.2, 0.25) is 0 Å². The largest absolute Gasteiger partial charge is 0.469 e. The maximum Gasteiger partial charge on any atom is 0.105 e. The molecule has 0 radical (unpaired) electrons. The van der Waals surface area contributed by atoms with E-state index in [1.165, 1.54) is 5.56 Å². The molecular formula is C13H14BrNO. The van der Waals surface area contributed by atoms with Gasteiger partial charge in [-0.2, -0.15) is 0 Å². The molecule has 84 valence electrons. The molecule has 1 N–H and O–H groups in total. The molecule has 2 rings (SSSR count). The van der Waals surface area contributed by atoms with Crippen LogP contribution in [0.5, 0.6) is 0 Å². The number of likely N-dealkylation sites (N-methyl/N-ethyl adjacent to an activating group) is 1. The van der Waals surface area contributed by atoms with Crippen LogP contribution in [0.4, 0.5) is 0 Å². The van der Waals surface area contributed by atoms with Crippen LogP contribution in [0.3, 0.4) is 0 Å². The van der Waals surface area contributed by atoms with Crippen molar-refractivity contribution in [1.29, 1.82) is 0 Å². The number of nitrogens with one attached hydrogen (secondary N) is 1. The van der Waals surface area contributed by atoms with Crippen LogP contribution >= 0.6 is 15.9 Å². The number of benzene rings is 1. The molecule has 0 saturated carbocycles. The number of hydrogen-bond acceptors (Lipinski definition) is 2. The Hall–Kier alpha value is -1.06. The molecule has 0 saturated heterocycles. The van der Waals surface area contributed by atoms with Crippen molar-refractivity contribution in [2.45, 2.75) is 12.5 Å². The van der Waals surface area contributed by atoms with Crippen LogP contribution in [0.2, 0.25) is 0 Å². The van der Waals surface area contributed by atoms with Crippen molar-refractivity contribution >= 4 is 15.9 Å². The molecule has 0 bridgehead atoms. The van der Waals surface area contributed by atoms with Crippen molar-refractivity contribution in [3.05, 3.63) is 58.5 Å². The van der Waals surface area contributed by atoms with Gasteiger partial charge in [-0.25, -0.2) is 0 Å². The summed E-state index contributed by atoms with van der Waals surface area (Å²) in [5.74, 6) is 1.00. The zero-order chi connectivity index (χ0) is 11.4. The zero-order valence-electron chi connectivity index (χ0n) is 9.11. The van der Waals surface area contributed by atoms with Gasteiger partial charge in [0.15, 0.2) is 0 Å². The SMILES string of the molecule is CNC(Cc1ccco1)c1ccc(Br)cc1. The minimum absolute atomic E-state index is 0.291. The Morgan fingerprint density at radius 3 is 2.56 bits per heavy atom. The van der Waals surface area contributed by atoms with Crippen LogP contribution in [0.1, 0.15) is 17.4 Å². The van der Waals surface area contributed by atoms with E-state index in [4.69, 9.17) is 4.42 Å². The second-order valence-corrected chi connectivity index (χ2v) is 4.59. The first kappa shape index (κ1) is 11.4. The van der Waals surface area contributed by atoms with Gasteiger partial charge in [-0.1, -0.05) is 28.1 Å². The molecule has 2 aromatic rings. The van der Waals surface area contributed by atoms with Crippen molar-refractivity contribution < 1.29 is 4.42 Å². The quantitative estimate of drug-likeness (QED) is 0.926. The predicted octanol–water partition coefficient (Wildman–Crippen LogP) is 3.55. The van der Waals surface area contributed by atoms with E-state index in [-0.39, 0.29) is 0 Å². The molecule has 3 heteroatoms. The van der Waals surface area contributed by atoms with Crippen molar-refractivity contribution in [3.8, 4) is 0 Å². The minimum Gasteiger partial charge on any atom is -0.469 e. The van der Waals surface area contributed by atoms with Crippen molar-refractivity contribution in [2.75, 3.05) is 7.05 Å². The third-order valence-electron chi connectivity index (χ3n) is 2.61. The van der Waals surface area contributed by atoms with E-state index in [0.29, 0.717) is 6.04 Å². The van der Waals surface area contributed by atoms with Gasteiger partial charge in [0.25, 0.3) is 0 Å². The summed E-state index contributed by atoms with van der Waals surface area (Å²) in [6.45, 7) is 0. The fourth-order valence-corrected chi connectivity index (χ4v) is 1.98. The molecule has 0 aliphatic carbocycles. The second kappa shape index (κ2) is 5.32. The van der Waals surface area contributed by atoms with Crippen LogP contribution in [-0.2, 0) is 6.42 Å². The second-order valence-electron chi connectivity index (χ2n) is 3.68. The first-order valence-electron chi connectivity index (χ1n) is 5.24. The molecule has 0 spiro atoms. The molecule has 0 fully saturated rings. The van der Waals surface area contributed by atoms with Gasteiger partial charge in [-0.05, 0) is 36.9 Å². The summed E-state index contributed by atoms with van der Waals surface area (Å²) in [5.41, 5.74) is 1.27. The number of halogens is 1. The molecule has 1 heterocycles. The van der Waals surface area contributed by atoms with Crippen molar-refractivity contribution in [3.63, 3.8) is 0 Å². The normalized spacial score (nSPS) is 12.6. The average Bonchev–Trinajstić information content (AvgIpc) is 2.80. The predicted molar refractivity (Wildman–Crippen MR) is 68.4 cm³/mol. The van der Waals surface area contributed by atoms with E-state index in [1.807, 2.05) is 19.2 Å². The molecule has 1 unspecified atom stereocenters. The van der Waals surface area contributed by atoms with Crippen LogP contribution in [0, 0.1) is 0 Å². The molecular weight excluding hydrogens is 266 g/mol. The van der Waals surface area contributed by atoms with Gasteiger partial charge in [-0.15, -0.1) is 0 Å². The van der Waals surface area contributed by atoms with Crippen LogP contribution in [-0.4, -0.2) is 7.05 Å². The molecule has 1 aromatic carbocycles. The lowest BCUT2D eigenvalue weighted by atomic mass is 10.0. The minimum atomic E-state index is 0.291. The Kier molecular flexibility index (Phi) is 3.80. The topological polar surface area (TPSA) is 25.2 Å². The lowest BCUT2D eigenvalue weighted by molar-refractivity contribution is 0.466. The summed E-state index contributed by atoms with van der Waals surface area (Å²) in [6.07, 6.45) is 2.58. The number of rotatable bonds is 4. The highest BCUT2D eigenvalue weighted by Crippen LogP contribution is 2.20. The van der Waals surface area contributed by atoms with Gasteiger partial charge in [0.1, 0.15) is 5.76 Å². The Labute approximate surface area is 104 Å². The maximum absolute atomic E-state index is 5.36. The van der Waals surface area contributed by atoms with Crippen LogP contribution < -0.4 is 5.32 Å². The molecule has 2 nitrogen and oxygen atoms in total. The average molecular weight is 280 g/mol. The van der Waals surface area contributed by atoms with Crippen molar-refractivity contribution in [2.24, 2.45) is 0 Å². The lowest BCUT2D eigenvalue weighted by Gasteiger charge is -2.15. The Bertz CT molecular complexity index is 422. The maximum atomic E-state index is 5.36. The van der Waals surface area contributed by atoms with Gasteiger partial charge < -0.3 is 9.73 Å². The highest BCUT2D eigenvalue weighted by molar-refractivity contribution is 9.10. The monoisotopic (exact) mass is 279 g/mol. The fraction of sp³-hybridized carbons (Fsp3) is 0.231. The first-order valence-corrected chi connectivity index (χ1v) is 6.04. The zero-order valence-corrected chi connectivity index (χ0v) is 10.7. The standard InChI is InChI=1S/C13H14BrNO/c1-15-13(9-12-3-2-8-16-12)10-4-6-11(14)7-5-10/h2-8,13,15H,9H2,1H3. The molecule has 0 aliphatic rings. The smallest absolute Gasteiger partial charge is 0.105 e. The van der Waals surface area contributed by atoms with E-state index in [9.17, 15) is 0 Å². The summed E-state index contributed by atoms with van der Waals surface area (Å²) >= 11 is 3.44. The Morgan fingerprint density at radius 2 is 2.00 bits per heavy atom. The Balaban J connectivity index is 2.13. The number of hydrogen-bond donors (Lipinski definition) is 1. The van der Waals surface area contributed by atoms with Crippen molar-refractivity contribution in [1.82, 2.24) is 5.32 Å². The molecule has 1 atom stereocenters. The summed E-state index contributed by atoms with van der Waals surface area (Å²) in [4.78, 5) is 0. The Morgan fingerprint density at radius 1 is 1.25 bits per heavy atom. The fourth-order valence-electron chi connectivity index (χ4n) is 1.71. The molecule has 0 amide bonds. The summed E-state index contributed by atoms with van der Waals surface area (Å²) < 4.78 is 6.46. The summed E-state index contributed by atoms with van der Waals surface area (Å²) in [6, 6.07) is 12.6. The van der Waals surface area contributed by atoms with Gasteiger partial charge in [0.05, 0.1) is 6.26 Å². The van der Waals surface area contributed by atoms with Gasteiger partial charge in [0, 0.05) is 16.9 Å². The molecule has 16 heavy (non-hydrogen) atoms. The summed E-state index contributed by atoms with van der Waals surface area (Å²) in [5, 5.41) is 3.30. The van der Waals surface area contributed by atoms with Gasteiger partial charge >= 0.3 is 0 Å². The van der Waals surface area contributed by atoms with Gasteiger partial charge in [-0.3, -0.25) is 0 Å². The third-order valence-corrected chi connectivity index (χ3v) is 3.13. The van der Waals surface area contributed by atoms with E-state index < -0.39 is 0 Å². The highest BCUT2D eigenvalue weighted by Gasteiger charge is 2.11. The van der Waals surface area contributed by atoms with Crippen LogP contribution in [0.25, 0.3) is 0 Å². The first-order chi connectivity index (χ1) is 7.79. The molecule has 0 aliphatic heterocycles. The lowest BCUT2D eigenvalue weighted by Crippen LogP contribution is -2.18. The summed E-state index contributed by atoms with van der Waals surface area (Å²) in [7, 11) is 1.97. The van der Waals surface area contributed by atoms with E-state index in [1.54, 1.807) is 6.26 Å². The van der Waals surface area contributed by atoms with Crippen LogP contribution in [0.15, 0.2) is 51.6 Å². The van der Waals surface area contributed by atoms with E-state index >= 15 is 0 Å². The molecule has 1 aromatic heterocycles. The highest BCUT2D eigenvalue weighted by atomic mass is 79.9. The number of furan rings is 1. The third kappa shape index (κ3) is 2.74.